The van der Waals surface area contributed by atoms with Crippen molar-refractivity contribution in [3.05, 3.63) is 22.2 Å². The van der Waals surface area contributed by atoms with Gasteiger partial charge in [-0.2, -0.15) is 4.31 Å². The Bertz CT molecular complexity index is 960. The molecule has 2 aliphatic heterocycles. The van der Waals surface area contributed by atoms with Gasteiger partial charge in [-0.05, 0) is 49.8 Å². The van der Waals surface area contributed by atoms with E-state index in [4.69, 9.17) is 0 Å². The van der Waals surface area contributed by atoms with Gasteiger partial charge in [0.15, 0.2) is 0 Å². The molecule has 2 heterocycles. The van der Waals surface area contributed by atoms with E-state index in [2.05, 4.69) is 15.9 Å². The lowest BCUT2D eigenvalue weighted by atomic mass is 9.98. The van der Waals surface area contributed by atoms with Gasteiger partial charge in [-0.3, -0.25) is 9.59 Å². The second kappa shape index (κ2) is 10.7. The number of amides is 2. The van der Waals surface area contributed by atoms with E-state index < -0.39 is 10.0 Å². The van der Waals surface area contributed by atoms with Crippen molar-refractivity contribution in [1.82, 2.24) is 9.21 Å². The Balaban J connectivity index is 1.92. The van der Waals surface area contributed by atoms with Crippen LogP contribution in [0.25, 0.3) is 0 Å². The molecule has 32 heavy (non-hydrogen) atoms. The van der Waals surface area contributed by atoms with E-state index in [0.717, 1.165) is 18.4 Å². The van der Waals surface area contributed by atoms with Gasteiger partial charge < -0.3 is 9.80 Å². The Labute approximate surface area is 200 Å². The van der Waals surface area contributed by atoms with Gasteiger partial charge in [0.2, 0.25) is 21.8 Å². The maximum absolute atomic E-state index is 13.8. The zero-order valence-electron chi connectivity index (χ0n) is 19.3. The first-order valence-electron chi connectivity index (χ1n) is 11.7. The third kappa shape index (κ3) is 5.04. The van der Waals surface area contributed by atoms with Gasteiger partial charge in [0.25, 0.3) is 0 Å². The summed E-state index contributed by atoms with van der Waals surface area (Å²) >= 11 is 3.45. The number of benzene rings is 1. The topological polar surface area (TPSA) is 78.0 Å². The zero-order chi connectivity index (χ0) is 23.5. The molecule has 2 aliphatic rings. The van der Waals surface area contributed by atoms with E-state index in [1.807, 2.05) is 24.8 Å². The molecule has 1 aromatic rings. The number of halogens is 1. The highest BCUT2D eigenvalue weighted by molar-refractivity contribution is 9.10. The van der Waals surface area contributed by atoms with E-state index >= 15 is 0 Å². The van der Waals surface area contributed by atoms with Crippen LogP contribution in [-0.4, -0.2) is 62.2 Å². The number of piperidine rings is 1. The van der Waals surface area contributed by atoms with Crippen LogP contribution in [0.5, 0.6) is 0 Å². The number of nitrogens with zero attached hydrogens (tertiary/aromatic N) is 3. The van der Waals surface area contributed by atoms with Gasteiger partial charge in [-0.15, -0.1) is 0 Å². The minimum absolute atomic E-state index is 0.0517. The van der Waals surface area contributed by atoms with E-state index in [1.54, 1.807) is 17.9 Å². The Morgan fingerprint density at radius 2 is 1.81 bits per heavy atom. The fraction of sp³-hybridized carbons (Fsp3) is 0.652. The Kier molecular flexibility index (Phi) is 8.38. The number of sulfonamides is 1. The average molecular weight is 529 g/mol. The zero-order valence-corrected chi connectivity index (χ0v) is 21.7. The van der Waals surface area contributed by atoms with Gasteiger partial charge in [-0.25, -0.2) is 8.42 Å². The van der Waals surface area contributed by atoms with Crippen LogP contribution in [0.15, 0.2) is 21.5 Å². The van der Waals surface area contributed by atoms with Crippen molar-refractivity contribution >= 4 is 43.5 Å². The van der Waals surface area contributed by atoms with Crippen molar-refractivity contribution in [1.29, 1.82) is 0 Å². The minimum atomic E-state index is -3.86. The molecule has 1 saturated heterocycles. The average Bonchev–Trinajstić information content (AvgIpc) is 3.21. The molecule has 9 heteroatoms. The van der Waals surface area contributed by atoms with Crippen molar-refractivity contribution in [2.45, 2.75) is 64.2 Å². The van der Waals surface area contributed by atoms with Gasteiger partial charge in [0.1, 0.15) is 4.90 Å². The molecular weight excluding hydrogens is 494 g/mol. The van der Waals surface area contributed by atoms with Crippen molar-refractivity contribution in [3.63, 3.8) is 0 Å². The monoisotopic (exact) mass is 527 g/mol. The molecule has 0 aromatic heterocycles. The lowest BCUT2D eigenvalue weighted by Gasteiger charge is -2.35. The second-order valence-electron chi connectivity index (χ2n) is 8.59. The van der Waals surface area contributed by atoms with E-state index in [-0.39, 0.29) is 29.2 Å². The molecular formula is C23H34BrN3O4S. The highest BCUT2D eigenvalue weighted by Crippen LogP contribution is 2.40. The van der Waals surface area contributed by atoms with Crippen LogP contribution in [0.1, 0.15) is 58.4 Å². The molecule has 3 rings (SSSR count). The SMILES string of the molecule is CCCN(CCC)C(=O)[C@@H]1CCCN(S(=O)(=O)c2cc(Br)cc3c2N(C(=O)CC)CC3)C1. The Morgan fingerprint density at radius 3 is 2.44 bits per heavy atom. The van der Waals surface area contributed by atoms with Crippen molar-refractivity contribution < 1.29 is 18.0 Å². The highest BCUT2D eigenvalue weighted by atomic mass is 79.9. The second-order valence-corrected chi connectivity index (χ2v) is 11.4. The fourth-order valence-corrected chi connectivity index (χ4v) is 7.18. The van der Waals surface area contributed by atoms with Gasteiger partial charge in [0.05, 0.1) is 11.6 Å². The summed E-state index contributed by atoms with van der Waals surface area (Å²) in [5.41, 5.74) is 1.37. The molecule has 7 nitrogen and oxygen atoms in total. The maximum atomic E-state index is 13.8. The highest BCUT2D eigenvalue weighted by Gasteiger charge is 2.39. The summed E-state index contributed by atoms with van der Waals surface area (Å²) in [6, 6.07) is 3.49. The standard InChI is InChI=1S/C23H34BrN3O4S/c1-4-10-25(11-5-2)23(29)18-8-7-12-26(16-18)32(30,31)20-15-19(24)14-17-9-13-27(22(17)20)21(28)6-3/h14-15,18H,4-13,16H2,1-3H3/t18-/m1/s1. The van der Waals surface area contributed by atoms with Gasteiger partial charge in [-0.1, -0.05) is 36.7 Å². The number of anilines is 1. The molecule has 2 amide bonds. The van der Waals surface area contributed by atoms with E-state index in [1.165, 1.54) is 4.31 Å². The van der Waals surface area contributed by atoms with Crippen LogP contribution in [0.2, 0.25) is 0 Å². The summed E-state index contributed by atoms with van der Waals surface area (Å²) in [6.45, 7) is 8.34. The smallest absolute Gasteiger partial charge is 0.245 e. The van der Waals surface area contributed by atoms with Crippen LogP contribution in [0.4, 0.5) is 5.69 Å². The molecule has 0 radical (unpaired) electrons. The summed E-state index contributed by atoms with van der Waals surface area (Å²) in [6.07, 6.45) is 4.06. The summed E-state index contributed by atoms with van der Waals surface area (Å²) in [4.78, 5) is 29.3. The van der Waals surface area contributed by atoms with Crippen LogP contribution in [0, 0.1) is 5.92 Å². The predicted molar refractivity (Wildman–Crippen MR) is 129 cm³/mol. The maximum Gasteiger partial charge on any atom is 0.245 e. The lowest BCUT2D eigenvalue weighted by Crippen LogP contribution is -2.47. The number of carbonyl (C=O) groups is 2. The van der Waals surface area contributed by atoms with Crippen molar-refractivity contribution in [2.24, 2.45) is 5.92 Å². The van der Waals surface area contributed by atoms with Crippen LogP contribution >= 0.6 is 15.9 Å². The van der Waals surface area contributed by atoms with Crippen molar-refractivity contribution in [2.75, 3.05) is 37.6 Å². The minimum Gasteiger partial charge on any atom is -0.342 e. The quantitative estimate of drug-likeness (QED) is 0.515. The molecule has 0 saturated carbocycles. The van der Waals surface area contributed by atoms with Crippen LogP contribution in [0.3, 0.4) is 0 Å². The summed E-state index contributed by atoms with van der Waals surface area (Å²) in [5, 5.41) is 0. The van der Waals surface area contributed by atoms with E-state index in [0.29, 0.717) is 62.0 Å². The molecule has 178 valence electrons. The lowest BCUT2D eigenvalue weighted by molar-refractivity contribution is -0.136. The van der Waals surface area contributed by atoms with Crippen LogP contribution < -0.4 is 4.90 Å². The molecule has 1 atom stereocenters. The largest absolute Gasteiger partial charge is 0.342 e. The third-order valence-corrected chi connectivity index (χ3v) is 8.58. The number of fused-ring (bicyclic) bond motifs is 1. The molecule has 1 aromatic carbocycles. The first-order valence-corrected chi connectivity index (χ1v) is 13.9. The Morgan fingerprint density at radius 1 is 1.12 bits per heavy atom. The Hall–Kier alpha value is -1.45. The normalized spacial score (nSPS) is 19.1. The third-order valence-electron chi connectivity index (χ3n) is 6.25. The summed E-state index contributed by atoms with van der Waals surface area (Å²) in [7, 11) is -3.86. The van der Waals surface area contributed by atoms with Crippen LogP contribution in [-0.2, 0) is 26.0 Å². The summed E-state index contributed by atoms with van der Waals surface area (Å²) in [5.74, 6) is -0.356. The molecule has 0 N–H and O–H groups in total. The first-order chi connectivity index (χ1) is 15.2. The molecule has 0 unspecified atom stereocenters. The van der Waals surface area contributed by atoms with Gasteiger partial charge >= 0.3 is 0 Å². The van der Waals surface area contributed by atoms with Crippen molar-refractivity contribution in [3.8, 4) is 0 Å². The number of hydrogen-bond donors (Lipinski definition) is 0. The summed E-state index contributed by atoms with van der Waals surface area (Å²) < 4.78 is 29.7. The van der Waals surface area contributed by atoms with E-state index in [9.17, 15) is 18.0 Å². The predicted octanol–water partition coefficient (Wildman–Crippen LogP) is 3.80. The fourth-order valence-electron chi connectivity index (χ4n) is 4.74. The molecule has 1 fully saturated rings. The number of rotatable bonds is 8. The molecule has 0 spiro atoms. The molecule has 0 bridgehead atoms. The first kappa shape index (κ1) is 25.2. The molecule has 0 aliphatic carbocycles. The number of carbonyl (C=O) groups excluding carboxylic acids is 2. The number of hydrogen-bond acceptors (Lipinski definition) is 4. The van der Waals surface area contributed by atoms with Gasteiger partial charge in [0, 0.05) is 43.6 Å².